The Morgan fingerprint density at radius 2 is 1.88 bits per heavy atom. The van der Waals surface area contributed by atoms with E-state index in [9.17, 15) is 14.4 Å². The van der Waals surface area contributed by atoms with Crippen LogP contribution in [0, 0.1) is 5.92 Å². The van der Waals surface area contributed by atoms with Gasteiger partial charge in [0.2, 0.25) is 11.8 Å². The van der Waals surface area contributed by atoms with Gasteiger partial charge in [-0.15, -0.1) is 0 Å². The summed E-state index contributed by atoms with van der Waals surface area (Å²) < 4.78 is 0. The third kappa shape index (κ3) is 6.55. The van der Waals surface area contributed by atoms with Crippen LogP contribution in [0.4, 0.5) is 0 Å². The number of carboxylic acid groups (broad SMARTS) is 1. The summed E-state index contributed by atoms with van der Waals surface area (Å²) in [5.41, 5.74) is 0. The summed E-state index contributed by atoms with van der Waals surface area (Å²) >= 11 is 0. The van der Waals surface area contributed by atoms with Crippen LogP contribution in [0.3, 0.4) is 0 Å². The van der Waals surface area contributed by atoms with Gasteiger partial charge in [0, 0.05) is 19.9 Å². The van der Waals surface area contributed by atoms with Crippen LogP contribution in [-0.2, 0) is 14.4 Å². The Bertz CT molecular complexity index is 291. The number of carboxylic acids is 1. The summed E-state index contributed by atoms with van der Waals surface area (Å²) in [6, 6.07) is -0.871. The maximum absolute atomic E-state index is 11.4. The molecule has 6 nitrogen and oxygen atoms in total. The van der Waals surface area contributed by atoms with Gasteiger partial charge >= 0.3 is 5.97 Å². The lowest BCUT2D eigenvalue weighted by Gasteiger charge is -2.20. The zero-order chi connectivity index (χ0) is 13.4. The Kier molecular flexibility index (Phi) is 6.93. The first kappa shape index (κ1) is 15.4. The first-order valence-corrected chi connectivity index (χ1v) is 5.65. The molecule has 0 saturated carbocycles. The molecule has 0 aliphatic rings. The summed E-state index contributed by atoms with van der Waals surface area (Å²) in [6.07, 6.45) is 0.753. The van der Waals surface area contributed by atoms with E-state index in [4.69, 9.17) is 5.11 Å². The van der Waals surface area contributed by atoms with Crippen molar-refractivity contribution in [2.24, 2.45) is 5.92 Å². The van der Waals surface area contributed by atoms with Gasteiger partial charge in [0.15, 0.2) is 0 Å². The third-order valence-corrected chi connectivity index (χ3v) is 2.52. The number of amides is 2. The van der Waals surface area contributed by atoms with Crippen LogP contribution in [0.2, 0.25) is 0 Å². The molecule has 6 heteroatoms. The van der Waals surface area contributed by atoms with Crippen molar-refractivity contribution in [3.63, 3.8) is 0 Å². The van der Waals surface area contributed by atoms with Crippen molar-refractivity contribution in [1.29, 1.82) is 0 Å². The molecule has 3 N–H and O–H groups in total. The smallest absolute Gasteiger partial charge is 0.326 e. The predicted molar refractivity (Wildman–Crippen MR) is 62.3 cm³/mol. The molecule has 0 radical (unpaired) electrons. The molecule has 0 fully saturated rings. The SMILES string of the molecule is CCC(C)[C@H](NC(=O)CCNC(C)=O)C(=O)O. The van der Waals surface area contributed by atoms with Gasteiger partial charge in [-0.05, 0) is 5.92 Å². The quantitative estimate of drug-likeness (QED) is 0.593. The first-order valence-electron chi connectivity index (χ1n) is 5.65. The van der Waals surface area contributed by atoms with Crippen molar-refractivity contribution < 1.29 is 19.5 Å². The first-order chi connectivity index (χ1) is 7.88. The van der Waals surface area contributed by atoms with Crippen molar-refractivity contribution in [3.8, 4) is 0 Å². The van der Waals surface area contributed by atoms with Crippen molar-refractivity contribution >= 4 is 17.8 Å². The molecule has 2 atom stereocenters. The second kappa shape index (κ2) is 7.65. The molecule has 0 saturated heterocycles. The molecule has 0 rings (SSSR count). The maximum atomic E-state index is 11.4. The van der Waals surface area contributed by atoms with Gasteiger partial charge in [-0.25, -0.2) is 4.79 Å². The lowest BCUT2D eigenvalue weighted by atomic mass is 9.99. The number of carbonyl (C=O) groups excluding carboxylic acids is 2. The van der Waals surface area contributed by atoms with Crippen LogP contribution in [0.15, 0.2) is 0 Å². The lowest BCUT2D eigenvalue weighted by Crippen LogP contribution is -2.45. The third-order valence-electron chi connectivity index (χ3n) is 2.52. The summed E-state index contributed by atoms with van der Waals surface area (Å²) in [7, 11) is 0. The van der Waals surface area contributed by atoms with Crippen molar-refractivity contribution in [3.05, 3.63) is 0 Å². The van der Waals surface area contributed by atoms with Crippen LogP contribution < -0.4 is 10.6 Å². The van der Waals surface area contributed by atoms with E-state index >= 15 is 0 Å². The standard InChI is InChI=1S/C11H20N2O4/c1-4-7(2)10(11(16)17)13-9(15)5-6-12-8(3)14/h7,10H,4-6H2,1-3H3,(H,12,14)(H,13,15)(H,16,17)/t7?,10-/m0/s1. The topological polar surface area (TPSA) is 95.5 Å². The highest BCUT2D eigenvalue weighted by atomic mass is 16.4. The van der Waals surface area contributed by atoms with Gasteiger partial charge < -0.3 is 15.7 Å². The fourth-order valence-corrected chi connectivity index (χ4v) is 1.28. The fraction of sp³-hybridized carbons (Fsp3) is 0.727. The molecule has 98 valence electrons. The molecule has 0 spiro atoms. The molecular weight excluding hydrogens is 224 g/mol. The highest BCUT2D eigenvalue weighted by molar-refractivity contribution is 5.84. The average Bonchev–Trinajstić information content (AvgIpc) is 2.24. The largest absolute Gasteiger partial charge is 0.480 e. The molecule has 0 bridgehead atoms. The minimum absolute atomic E-state index is 0.0831. The Labute approximate surface area is 101 Å². The number of hydrogen-bond acceptors (Lipinski definition) is 3. The van der Waals surface area contributed by atoms with Gasteiger partial charge in [-0.3, -0.25) is 9.59 Å². The molecule has 0 aliphatic heterocycles. The predicted octanol–water partition coefficient (Wildman–Crippen LogP) is 0.128. The zero-order valence-electron chi connectivity index (χ0n) is 10.4. The normalized spacial score (nSPS) is 13.6. The molecule has 0 heterocycles. The van der Waals surface area contributed by atoms with Crippen LogP contribution in [0.1, 0.15) is 33.6 Å². The minimum Gasteiger partial charge on any atom is -0.480 e. The van der Waals surface area contributed by atoms with E-state index in [1.807, 2.05) is 6.92 Å². The monoisotopic (exact) mass is 244 g/mol. The second-order valence-electron chi connectivity index (χ2n) is 4.00. The van der Waals surface area contributed by atoms with E-state index < -0.39 is 12.0 Å². The van der Waals surface area contributed by atoms with Crippen LogP contribution in [0.5, 0.6) is 0 Å². The van der Waals surface area contributed by atoms with E-state index in [-0.39, 0.29) is 30.7 Å². The van der Waals surface area contributed by atoms with Gasteiger partial charge in [0.05, 0.1) is 0 Å². The molecule has 0 aromatic carbocycles. The Hall–Kier alpha value is -1.59. The van der Waals surface area contributed by atoms with E-state index in [2.05, 4.69) is 10.6 Å². The van der Waals surface area contributed by atoms with Crippen LogP contribution >= 0.6 is 0 Å². The van der Waals surface area contributed by atoms with E-state index in [1.165, 1.54) is 6.92 Å². The maximum Gasteiger partial charge on any atom is 0.326 e. The number of rotatable bonds is 7. The van der Waals surface area contributed by atoms with E-state index in [0.29, 0.717) is 6.42 Å². The van der Waals surface area contributed by atoms with Crippen LogP contribution in [-0.4, -0.2) is 35.5 Å². The number of hydrogen-bond donors (Lipinski definition) is 3. The molecular formula is C11H20N2O4. The Balaban J connectivity index is 4.13. The van der Waals surface area contributed by atoms with Gasteiger partial charge in [0.1, 0.15) is 6.04 Å². The lowest BCUT2D eigenvalue weighted by molar-refractivity contribution is -0.143. The average molecular weight is 244 g/mol. The highest BCUT2D eigenvalue weighted by Crippen LogP contribution is 2.07. The van der Waals surface area contributed by atoms with Crippen molar-refractivity contribution in [2.75, 3.05) is 6.54 Å². The summed E-state index contributed by atoms with van der Waals surface area (Å²) in [5, 5.41) is 13.9. The Morgan fingerprint density at radius 1 is 1.29 bits per heavy atom. The number of carbonyl (C=O) groups is 3. The summed E-state index contributed by atoms with van der Waals surface area (Å²) in [6.45, 7) is 5.21. The van der Waals surface area contributed by atoms with Gasteiger partial charge in [0.25, 0.3) is 0 Å². The van der Waals surface area contributed by atoms with E-state index in [0.717, 1.165) is 0 Å². The highest BCUT2D eigenvalue weighted by Gasteiger charge is 2.24. The molecule has 0 aromatic rings. The summed E-state index contributed by atoms with van der Waals surface area (Å²) in [5.74, 6) is -1.74. The molecule has 2 amide bonds. The van der Waals surface area contributed by atoms with E-state index in [1.54, 1.807) is 6.92 Å². The number of aliphatic carboxylic acids is 1. The second-order valence-corrected chi connectivity index (χ2v) is 4.00. The summed E-state index contributed by atoms with van der Waals surface area (Å²) in [4.78, 5) is 32.9. The van der Waals surface area contributed by atoms with Gasteiger partial charge in [-0.2, -0.15) is 0 Å². The van der Waals surface area contributed by atoms with Gasteiger partial charge in [-0.1, -0.05) is 20.3 Å². The van der Waals surface area contributed by atoms with Crippen LogP contribution in [0.25, 0.3) is 0 Å². The van der Waals surface area contributed by atoms with Crippen molar-refractivity contribution in [2.45, 2.75) is 39.7 Å². The zero-order valence-corrected chi connectivity index (χ0v) is 10.4. The fourth-order valence-electron chi connectivity index (χ4n) is 1.28. The molecule has 17 heavy (non-hydrogen) atoms. The van der Waals surface area contributed by atoms with Crippen molar-refractivity contribution in [1.82, 2.24) is 10.6 Å². The molecule has 0 aliphatic carbocycles. The molecule has 0 aromatic heterocycles. The molecule has 1 unspecified atom stereocenters. The Morgan fingerprint density at radius 3 is 2.29 bits per heavy atom. The minimum atomic E-state index is -1.03. The number of nitrogens with one attached hydrogen (secondary N) is 2.